The lowest BCUT2D eigenvalue weighted by atomic mass is 10.1. The average molecular weight is 554 g/mol. The Kier molecular flexibility index (Phi) is 7.93. The summed E-state index contributed by atoms with van der Waals surface area (Å²) in [6.07, 6.45) is 6.70. The van der Waals surface area contributed by atoms with Crippen LogP contribution in [0.5, 0.6) is 5.75 Å². The van der Waals surface area contributed by atoms with Gasteiger partial charge in [0.05, 0.1) is 17.3 Å². The predicted octanol–water partition coefficient (Wildman–Crippen LogP) is 6.71. The number of rotatable bonds is 7. The molecule has 1 atom stereocenters. The van der Waals surface area contributed by atoms with E-state index >= 15 is 0 Å². The molecule has 0 aliphatic carbocycles. The number of anilines is 1. The summed E-state index contributed by atoms with van der Waals surface area (Å²) in [4.78, 5) is 17.4. The van der Waals surface area contributed by atoms with Crippen molar-refractivity contribution < 1.29 is 13.9 Å². The molecule has 0 bridgehead atoms. The van der Waals surface area contributed by atoms with E-state index in [0.717, 1.165) is 37.1 Å². The van der Waals surface area contributed by atoms with E-state index in [1.807, 2.05) is 16.9 Å². The largest absolute Gasteiger partial charge is 0.482 e. The Morgan fingerprint density at radius 1 is 1.13 bits per heavy atom. The van der Waals surface area contributed by atoms with Gasteiger partial charge in [0.1, 0.15) is 11.9 Å². The molecule has 5 rings (SSSR count). The van der Waals surface area contributed by atoms with Crippen molar-refractivity contribution in [2.45, 2.75) is 31.9 Å². The molecule has 7 nitrogen and oxygen atoms in total. The summed E-state index contributed by atoms with van der Waals surface area (Å²) in [6.45, 7) is 3.62. The number of pyridine rings is 1. The van der Waals surface area contributed by atoms with Gasteiger partial charge in [-0.3, -0.25) is 9.48 Å². The van der Waals surface area contributed by atoms with Gasteiger partial charge in [-0.15, -0.1) is 0 Å². The zero-order valence-corrected chi connectivity index (χ0v) is 22.1. The van der Waals surface area contributed by atoms with Crippen molar-refractivity contribution in [2.75, 3.05) is 18.4 Å². The molecule has 2 N–H and O–H groups in total. The molecule has 1 aliphatic rings. The van der Waals surface area contributed by atoms with Gasteiger partial charge in [0.25, 0.3) is 5.91 Å². The van der Waals surface area contributed by atoms with E-state index in [2.05, 4.69) is 20.7 Å². The molecule has 3 heterocycles. The van der Waals surface area contributed by atoms with Crippen LogP contribution >= 0.6 is 23.2 Å². The van der Waals surface area contributed by atoms with Gasteiger partial charge in [-0.25, -0.2) is 9.37 Å². The molecular formula is C28H26Cl2FN5O2. The van der Waals surface area contributed by atoms with Gasteiger partial charge in [-0.1, -0.05) is 41.4 Å². The van der Waals surface area contributed by atoms with Gasteiger partial charge in [-0.2, -0.15) is 5.10 Å². The first kappa shape index (κ1) is 26.2. The van der Waals surface area contributed by atoms with Crippen LogP contribution in [-0.2, 0) is 0 Å². The monoisotopic (exact) mass is 553 g/mol. The highest BCUT2D eigenvalue weighted by Crippen LogP contribution is 2.38. The van der Waals surface area contributed by atoms with Crippen molar-refractivity contribution in [3.8, 4) is 16.9 Å². The minimum atomic E-state index is -0.743. The standard InChI is InChI=1S/C28H26Cl2FN5O2/c1-17(25-22(29)7-8-23(31)26(25)30)38-24-13-19(20-15-34-36(16-20)21-9-11-32-12-10-21)14-33-27(24)35-28(37)18-5-3-2-4-6-18/h2-8,13-17,21,32H,9-12H2,1H3,(H,33,35,37). The highest BCUT2D eigenvalue weighted by Gasteiger charge is 2.22. The second-order valence-corrected chi connectivity index (χ2v) is 9.88. The first-order valence-electron chi connectivity index (χ1n) is 12.3. The number of nitrogens with one attached hydrogen (secondary N) is 2. The van der Waals surface area contributed by atoms with Crippen LogP contribution < -0.4 is 15.4 Å². The summed E-state index contributed by atoms with van der Waals surface area (Å²) >= 11 is 12.6. The van der Waals surface area contributed by atoms with Gasteiger partial charge in [-0.05, 0) is 63.2 Å². The fraction of sp³-hybridized carbons (Fsp3) is 0.250. The summed E-state index contributed by atoms with van der Waals surface area (Å²) in [5, 5.41) is 10.9. The lowest BCUT2D eigenvalue weighted by Gasteiger charge is -2.22. The third-order valence-electron chi connectivity index (χ3n) is 6.53. The molecule has 1 aliphatic heterocycles. The lowest BCUT2D eigenvalue weighted by Crippen LogP contribution is -2.29. The Bertz CT molecular complexity index is 1440. The van der Waals surface area contributed by atoms with Crippen LogP contribution in [0.2, 0.25) is 10.0 Å². The van der Waals surface area contributed by atoms with Crippen LogP contribution in [0.4, 0.5) is 10.2 Å². The Morgan fingerprint density at radius 3 is 2.66 bits per heavy atom. The second kappa shape index (κ2) is 11.5. The van der Waals surface area contributed by atoms with E-state index in [9.17, 15) is 9.18 Å². The summed E-state index contributed by atoms with van der Waals surface area (Å²) < 4.78 is 22.4. The van der Waals surface area contributed by atoms with Crippen LogP contribution in [-0.4, -0.2) is 33.8 Å². The summed E-state index contributed by atoms with van der Waals surface area (Å²) in [5.74, 6) is -0.450. The highest BCUT2D eigenvalue weighted by atomic mass is 35.5. The lowest BCUT2D eigenvalue weighted by molar-refractivity contribution is 0.102. The second-order valence-electron chi connectivity index (χ2n) is 9.10. The van der Waals surface area contributed by atoms with Crippen molar-refractivity contribution in [1.82, 2.24) is 20.1 Å². The van der Waals surface area contributed by atoms with Crippen molar-refractivity contribution in [2.24, 2.45) is 0 Å². The topological polar surface area (TPSA) is 81.1 Å². The van der Waals surface area contributed by atoms with Gasteiger partial charge in [0.15, 0.2) is 11.6 Å². The SMILES string of the molecule is CC(Oc1cc(-c2cnn(C3CCNCC3)c2)cnc1NC(=O)c1ccccc1)c1c(Cl)ccc(F)c1Cl. The number of carbonyl (C=O) groups excluding carboxylic acids is 1. The number of carbonyl (C=O) groups is 1. The molecule has 0 saturated carbocycles. The number of amides is 1. The Morgan fingerprint density at radius 2 is 1.89 bits per heavy atom. The quantitative estimate of drug-likeness (QED) is 0.248. The van der Waals surface area contributed by atoms with Crippen molar-refractivity contribution in [1.29, 1.82) is 0 Å². The number of hydrogen-bond acceptors (Lipinski definition) is 5. The summed E-state index contributed by atoms with van der Waals surface area (Å²) in [5.41, 5.74) is 2.38. The van der Waals surface area contributed by atoms with Crippen molar-refractivity contribution in [3.05, 3.63) is 94.1 Å². The number of hydrogen-bond donors (Lipinski definition) is 2. The first-order valence-corrected chi connectivity index (χ1v) is 13.1. The van der Waals surface area contributed by atoms with Gasteiger partial charge >= 0.3 is 0 Å². The minimum Gasteiger partial charge on any atom is -0.482 e. The van der Waals surface area contributed by atoms with Crippen LogP contribution in [0.15, 0.2) is 67.1 Å². The normalized spacial score (nSPS) is 14.7. The minimum absolute atomic E-state index is 0.118. The summed E-state index contributed by atoms with van der Waals surface area (Å²) in [7, 11) is 0. The predicted molar refractivity (Wildman–Crippen MR) is 146 cm³/mol. The molecule has 2 aromatic heterocycles. The number of aromatic nitrogens is 3. The first-order chi connectivity index (χ1) is 18.4. The van der Waals surface area contributed by atoms with Crippen LogP contribution in [0, 0.1) is 5.82 Å². The Labute approximate surface area is 229 Å². The van der Waals surface area contributed by atoms with Crippen molar-refractivity contribution >= 4 is 34.9 Å². The number of benzene rings is 2. The van der Waals surface area contributed by atoms with E-state index in [1.54, 1.807) is 49.6 Å². The molecule has 10 heteroatoms. The van der Waals surface area contributed by atoms with Gasteiger partial charge in [0.2, 0.25) is 0 Å². The van der Waals surface area contributed by atoms with E-state index in [4.69, 9.17) is 27.9 Å². The molecule has 196 valence electrons. The number of nitrogens with zero attached hydrogens (tertiary/aromatic N) is 3. The van der Waals surface area contributed by atoms with Crippen molar-refractivity contribution in [3.63, 3.8) is 0 Å². The number of ether oxygens (including phenoxy) is 1. The van der Waals surface area contributed by atoms with Gasteiger partial charge in [0, 0.05) is 39.7 Å². The van der Waals surface area contributed by atoms with E-state index in [0.29, 0.717) is 17.2 Å². The molecule has 38 heavy (non-hydrogen) atoms. The Balaban J connectivity index is 1.48. The molecule has 1 saturated heterocycles. The van der Waals surface area contributed by atoms with E-state index in [1.165, 1.54) is 12.1 Å². The Hall–Kier alpha value is -3.46. The average Bonchev–Trinajstić information content (AvgIpc) is 3.43. The van der Waals surface area contributed by atoms with Crippen LogP contribution in [0.25, 0.3) is 11.1 Å². The molecular weight excluding hydrogens is 528 g/mol. The molecule has 1 unspecified atom stereocenters. The van der Waals surface area contributed by atoms with E-state index in [-0.39, 0.29) is 27.5 Å². The molecule has 0 radical (unpaired) electrons. The third-order valence-corrected chi connectivity index (χ3v) is 7.24. The smallest absolute Gasteiger partial charge is 0.256 e. The third kappa shape index (κ3) is 5.67. The molecule has 1 amide bonds. The molecule has 4 aromatic rings. The number of piperidine rings is 1. The maximum Gasteiger partial charge on any atom is 0.256 e. The molecule has 1 fully saturated rings. The fourth-order valence-electron chi connectivity index (χ4n) is 4.48. The van der Waals surface area contributed by atoms with Crippen LogP contribution in [0.3, 0.4) is 0 Å². The van der Waals surface area contributed by atoms with E-state index < -0.39 is 11.9 Å². The maximum atomic E-state index is 14.2. The van der Waals surface area contributed by atoms with Gasteiger partial charge < -0.3 is 15.4 Å². The maximum absolute atomic E-state index is 14.2. The van der Waals surface area contributed by atoms with Crippen LogP contribution in [0.1, 0.15) is 47.8 Å². The zero-order valence-electron chi connectivity index (χ0n) is 20.6. The highest BCUT2D eigenvalue weighted by molar-refractivity contribution is 6.36. The number of halogens is 3. The molecule has 2 aromatic carbocycles. The summed E-state index contributed by atoms with van der Waals surface area (Å²) in [6, 6.07) is 13.5. The zero-order chi connectivity index (χ0) is 26.6. The molecule has 0 spiro atoms. The fourth-order valence-corrected chi connectivity index (χ4v) is 5.16.